The number of benzene rings is 1. The van der Waals surface area contributed by atoms with Gasteiger partial charge in [-0.05, 0) is 31.0 Å². The van der Waals surface area contributed by atoms with Gasteiger partial charge in [0, 0.05) is 37.1 Å². The molecule has 142 valence electrons. The molecule has 4 heterocycles. The number of fused-ring (bicyclic) bond motifs is 1. The zero-order valence-corrected chi connectivity index (χ0v) is 16.2. The number of thioether (sulfide) groups is 1. The largest absolute Gasteiger partial charge is 0.355 e. The number of nitrogens with zero attached hydrogens (tertiary/aromatic N) is 5. The molecule has 3 aromatic rings. The zero-order chi connectivity index (χ0) is 18.9. The van der Waals surface area contributed by atoms with Gasteiger partial charge < -0.3 is 14.8 Å². The Morgan fingerprint density at radius 1 is 1.04 bits per heavy atom. The third-order valence-corrected chi connectivity index (χ3v) is 6.04. The summed E-state index contributed by atoms with van der Waals surface area (Å²) in [6.07, 6.45) is 4.40. The van der Waals surface area contributed by atoms with Gasteiger partial charge in [-0.15, -0.1) is 10.2 Å². The van der Waals surface area contributed by atoms with Crippen molar-refractivity contribution in [3.8, 4) is 11.3 Å². The average Bonchev–Trinajstić information content (AvgIpc) is 3.46. The number of carbonyl (C=O) groups excluding carboxylic acids is 1. The monoisotopic (exact) mass is 392 g/mol. The Bertz CT molecular complexity index is 988. The third-order valence-electron chi connectivity index (χ3n) is 5.07. The highest BCUT2D eigenvalue weighted by Gasteiger charge is 2.19. The van der Waals surface area contributed by atoms with Gasteiger partial charge in [0.1, 0.15) is 0 Å². The first-order chi connectivity index (χ1) is 13.8. The van der Waals surface area contributed by atoms with Crippen molar-refractivity contribution in [2.45, 2.75) is 24.5 Å². The molecule has 2 aliphatic heterocycles. The fourth-order valence-corrected chi connectivity index (χ4v) is 4.55. The zero-order valence-electron chi connectivity index (χ0n) is 15.3. The Balaban J connectivity index is 1.36. The maximum Gasteiger partial charge on any atom is 0.276 e. The first-order valence-electron chi connectivity index (χ1n) is 9.47. The summed E-state index contributed by atoms with van der Waals surface area (Å²) < 4.78 is 2.15. The SMILES string of the molecule is O=C(Nc1ccccc1-c1cn2c(n1)SCC2)c1ccc(N2CCCC2)nn1. The molecule has 5 rings (SSSR count). The quantitative estimate of drug-likeness (QED) is 0.734. The molecule has 0 bridgehead atoms. The second-order valence-corrected chi connectivity index (χ2v) is 7.98. The Labute approximate surface area is 167 Å². The average molecular weight is 392 g/mol. The van der Waals surface area contributed by atoms with Crippen molar-refractivity contribution in [2.24, 2.45) is 0 Å². The minimum absolute atomic E-state index is 0.269. The van der Waals surface area contributed by atoms with E-state index in [0.29, 0.717) is 5.69 Å². The summed E-state index contributed by atoms with van der Waals surface area (Å²) in [6.45, 7) is 2.97. The summed E-state index contributed by atoms with van der Waals surface area (Å²) in [5, 5.41) is 12.4. The lowest BCUT2D eigenvalue weighted by molar-refractivity contribution is 0.102. The summed E-state index contributed by atoms with van der Waals surface area (Å²) in [6, 6.07) is 11.3. The van der Waals surface area contributed by atoms with Gasteiger partial charge in [0.05, 0.1) is 11.4 Å². The maximum atomic E-state index is 12.7. The lowest BCUT2D eigenvalue weighted by Gasteiger charge is -2.15. The molecule has 28 heavy (non-hydrogen) atoms. The summed E-state index contributed by atoms with van der Waals surface area (Å²) >= 11 is 1.75. The highest BCUT2D eigenvalue weighted by Crippen LogP contribution is 2.32. The van der Waals surface area contributed by atoms with Crippen molar-refractivity contribution in [1.29, 1.82) is 0 Å². The number of rotatable bonds is 4. The van der Waals surface area contributed by atoms with Crippen LogP contribution in [0, 0.1) is 0 Å². The number of carbonyl (C=O) groups is 1. The Kier molecular flexibility index (Phi) is 4.48. The molecule has 0 atom stereocenters. The minimum atomic E-state index is -0.269. The van der Waals surface area contributed by atoms with Crippen LogP contribution in [0.5, 0.6) is 0 Å². The molecule has 0 radical (unpaired) electrons. The van der Waals surface area contributed by atoms with E-state index in [2.05, 4.69) is 25.0 Å². The molecule has 1 N–H and O–H groups in total. The van der Waals surface area contributed by atoms with E-state index >= 15 is 0 Å². The lowest BCUT2D eigenvalue weighted by Crippen LogP contribution is -2.21. The van der Waals surface area contributed by atoms with Crippen molar-refractivity contribution >= 4 is 29.2 Å². The Morgan fingerprint density at radius 3 is 2.68 bits per heavy atom. The van der Waals surface area contributed by atoms with E-state index in [1.165, 1.54) is 12.8 Å². The van der Waals surface area contributed by atoms with Crippen molar-refractivity contribution in [3.05, 3.63) is 48.3 Å². The predicted octanol–water partition coefficient (Wildman–Crippen LogP) is 3.30. The van der Waals surface area contributed by atoms with Crippen molar-refractivity contribution in [2.75, 3.05) is 29.1 Å². The molecule has 2 aromatic heterocycles. The van der Waals surface area contributed by atoms with E-state index in [1.807, 2.05) is 36.5 Å². The van der Waals surface area contributed by atoms with Crippen LogP contribution < -0.4 is 10.2 Å². The fourth-order valence-electron chi connectivity index (χ4n) is 3.60. The number of anilines is 2. The summed E-state index contributed by atoms with van der Waals surface area (Å²) in [7, 11) is 0. The Hall–Kier alpha value is -2.87. The third kappa shape index (κ3) is 3.24. The van der Waals surface area contributed by atoms with E-state index in [0.717, 1.165) is 53.3 Å². The summed E-state index contributed by atoms with van der Waals surface area (Å²) in [5.41, 5.74) is 2.80. The standard InChI is InChI=1S/C20H20N6OS/c27-19(16-7-8-18(24-23-16)25-9-3-4-10-25)21-15-6-2-1-5-14(15)17-13-26-11-12-28-20(26)22-17/h1-2,5-8,13H,3-4,9-12H2,(H,21,27). The summed E-state index contributed by atoms with van der Waals surface area (Å²) in [4.78, 5) is 19.6. The van der Waals surface area contributed by atoms with E-state index < -0.39 is 0 Å². The van der Waals surface area contributed by atoms with Crippen molar-refractivity contribution in [1.82, 2.24) is 19.7 Å². The van der Waals surface area contributed by atoms with Gasteiger partial charge in [-0.3, -0.25) is 4.79 Å². The van der Waals surface area contributed by atoms with Crippen LogP contribution in [0.2, 0.25) is 0 Å². The molecule has 1 aromatic carbocycles. The molecule has 0 spiro atoms. The molecule has 1 saturated heterocycles. The summed E-state index contributed by atoms with van der Waals surface area (Å²) in [5.74, 6) is 1.63. The topological polar surface area (TPSA) is 75.9 Å². The highest BCUT2D eigenvalue weighted by atomic mass is 32.2. The minimum Gasteiger partial charge on any atom is -0.355 e. The number of aryl methyl sites for hydroxylation is 1. The Morgan fingerprint density at radius 2 is 1.89 bits per heavy atom. The number of amides is 1. The number of imidazole rings is 1. The molecule has 0 unspecified atom stereocenters. The van der Waals surface area contributed by atoms with Crippen molar-refractivity contribution in [3.63, 3.8) is 0 Å². The van der Waals surface area contributed by atoms with E-state index in [-0.39, 0.29) is 5.91 Å². The van der Waals surface area contributed by atoms with Gasteiger partial charge in [0.15, 0.2) is 16.7 Å². The second-order valence-electron chi connectivity index (χ2n) is 6.92. The molecular weight excluding hydrogens is 372 g/mol. The van der Waals surface area contributed by atoms with Crippen LogP contribution in [0.1, 0.15) is 23.3 Å². The van der Waals surface area contributed by atoms with Gasteiger partial charge in [0.25, 0.3) is 5.91 Å². The molecule has 2 aliphatic rings. The normalized spacial score (nSPS) is 15.6. The number of aromatic nitrogens is 4. The fraction of sp³-hybridized carbons (Fsp3) is 0.300. The van der Waals surface area contributed by atoms with Crippen LogP contribution in [0.4, 0.5) is 11.5 Å². The lowest BCUT2D eigenvalue weighted by atomic mass is 10.1. The molecule has 0 aliphatic carbocycles. The smallest absolute Gasteiger partial charge is 0.276 e. The number of hydrogen-bond acceptors (Lipinski definition) is 6. The van der Waals surface area contributed by atoms with Gasteiger partial charge in [-0.25, -0.2) is 4.98 Å². The van der Waals surface area contributed by atoms with Crippen LogP contribution in [0.15, 0.2) is 47.8 Å². The molecule has 1 amide bonds. The molecule has 1 fully saturated rings. The number of hydrogen-bond donors (Lipinski definition) is 1. The first-order valence-corrected chi connectivity index (χ1v) is 10.5. The van der Waals surface area contributed by atoms with E-state index in [9.17, 15) is 4.79 Å². The van der Waals surface area contributed by atoms with E-state index in [4.69, 9.17) is 4.98 Å². The number of nitrogens with one attached hydrogen (secondary N) is 1. The van der Waals surface area contributed by atoms with Gasteiger partial charge in [0.2, 0.25) is 0 Å². The predicted molar refractivity (Wildman–Crippen MR) is 110 cm³/mol. The van der Waals surface area contributed by atoms with Crippen LogP contribution in [-0.4, -0.2) is 44.5 Å². The van der Waals surface area contributed by atoms with Crippen LogP contribution in [-0.2, 0) is 6.54 Å². The van der Waals surface area contributed by atoms with E-state index in [1.54, 1.807) is 17.8 Å². The second kappa shape index (κ2) is 7.27. The first kappa shape index (κ1) is 17.2. The van der Waals surface area contributed by atoms with Gasteiger partial charge in [-0.1, -0.05) is 30.0 Å². The van der Waals surface area contributed by atoms with Crippen LogP contribution >= 0.6 is 11.8 Å². The number of para-hydroxylation sites is 1. The molecule has 8 heteroatoms. The van der Waals surface area contributed by atoms with Crippen LogP contribution in [0.3, 0.4) is 0 Å². The molecular formula is C20H20N6OS. The van der Waals surface area contributed by atoms with Gasteiger partial charge >= 0.3 is 0 Å². The molecule has 7 nitrogen and oxygen atoms in total. The van der Waals surface area contributed by atoms with Crippen LogP contribution in [0.25, 0.3) is 11.3 Å². The van der Waals surface area contributed by atoms with Crippen molar-refractivity contribution < 1.29 is 4.79 Å². The molecule has 0 saturated carbocycles. The maximum absolute atomic E-state index is 12.7. The van der Waals surface area contributed by atoms with Gasteiger partial charge in [-0.2, -0.15) is 0 Å². The highest BCUT2D eigenvalue weighted by molar-refractivity contribution is 7.99.